The predicted molar refractivity (Wildman–Crippen MR) is 71.2 cm³/mol. The van der Waals surface area contributed by atoms with E-state index in [1.165, 1.54) is 5.56 Å². The van der Waals surface area contributed by atoms with Crippen molar-refractivity contribution in [3.05, 3.63) is 66.0 Å². The molecule has 1 aromatic heterocycles. The molecule has 0 aliphatic carbocycles. The van der Waals surface area contributed by atoms with E-state index in [2.05, 4.69) is 4.98 Å². The SMILES string of the molecule is O=C(CSCc1ccncc1)c1ccccc1. The summed E-state index contributed by atoms with van der Waals surface area (Å²) >= 11 is 1.63. The van der Waals surface area contributed by atoms with Crippen LogP contribution in [0.2, 0.25) is 0 Å². The molecular weight excluding hydrogens is 230 g/mol. The molecule has 0 N–H and O–H groups in total. The first-order valence-electron chi connectivity index (χ1n) is 5.41. The Morgan fingerprint density at radius 1 is 1.06 bits per heavy atom. The minimum Gasteiger partial charge on any atom is -0.293 e. The van der Waals surface area contributed by atoms with Crippen molar-refractivity contribution in [2.45, 2.75) is 5.75 Å². The van der Waals surface area contributed by atoms with Crippen molar-refractivity contribution >= 4 is 17.5 Å². The lowest BCUT2D eigenvalue weighted by molar-refractivity contribution is 0.102. The van der Waals surface area contributed by atoms with Gasteiger partial charge in [0.05, 0.1) is 5.75 Å². The third-order valence-corrected chi connectivity index (χ3v) is 3.35. The van der Waals surface area contributed by atoms with Gasteiger partial charge in [0.1, 0.15) is 0 Å². The number of Topliss-reactive ketones (excluding diaryl/α,β-unsaturated/α-hetero) is 1. The van der Waals surface area contributed by atoms with Gasteiger partial charge in [0, 0.05) is 23.7 Å². The second kappa shape index (κ2) is 6.21. The molecule has 2 rings (SSSR count). The van der Waals surface area contributed by atoms with E-state index < -0.39 is 0 Å². The van der Waals surface area contributed by atoms with Crippen LogP contribution in [-0.4, -0.2) is 16.5 Å². The average Bonchev–Trinajstić information content (AvgIpc) is 2.41. The van der Waals surface area contributed by atoms with E-state index in [0.29, 0.717) is 5.75 Å². The molecule has 0 aliphatic heterocycles. The third-order valence-electron chi connectivity index (χ3n) is 2.35. The maximum atomic E-state index is 11.8. The number of rotatable bonds is 5. The van der Waals surface area contributed by atoms with E-state index in [4.69, 9.17) is 0 Å². The predicted octanol–water partition coefficient (Wildman–Crippen LogP) is 3.20. The Morgan fingerprint density at radius 2 is 1.76 bits per heavy atom. The molecule has 0 fully saturated rings. The smallest absolute Gasteiger partial charge is 0.172 e. The monoisotopic (exact) mass is 243 g/mol. The van der Waals surface area contributed by atoms with Crippen molar-refractivity contribution < 1.29 is 4.79 Å². The molecule has 0 radical (unpaired) electrons. The van der Waals surface area contributed by atoms with Gasteiger partial charge in [-0.3, -0.25) is 9.78 Å². The third kappa shape index (κ3) is 3.71. The lowest BCUT2D eigenvalue weighted by Crippen LogP contribution is -2.02. The molecular formula is C14H13NOS. The fourth-order valence-electron chi connectivity index (χ4n) is 1.45. The molecule has 86 valence electrons. The van der Waals surface area contributed by atoms with Gasteiger partial charge in [-0.05, 0) is 17.7 Å². The second-order valence-corrected chi connectivity index (χ2v) is 4.62. The Hall–Kier alpha value is -1.61. The summed E-state index contributed by atoms with van der Waals surface area (Å²) in [4.78, 5) is 15.8. The highest BCUT2D eigenvalue weighted by atomic mass is 32.2. The topological polar surface area (TPSA) is 30.0 Å². The molecule has 0 aliphatic rings. The van der Waals surface area contributed by atoms with Crippen LogP contribution >= 0.6 is 11.8 Å². The normalized spacial score (nSPS) is 10.1. The highest BCUT2D eigenvalue weighted by molar-refractivity contribution is 7.99. The Balaban J connectivity index is 1.82. The Morgan fingerprint density at radius 3 is 2.47 bits per heavy atom. The van der Waals surface area contributed by atoms with Gasteiger partial charge in [-0.2, -0.15) is 0 Å². The standard InChI is InChI=1S/C14H13NOS/c16-14(13-4-2-1-3-5-13)11-17-10-12-6-8-15-9-7-12/h1-9H,10-11H2. The van der Waals surface area contributed by atoms with Gasteiger partial charge in [0.15, 0.2) is 5.78 Å². The van der Waals surface area contributed by atoms with Crippen LogP contribution in [0.15, 0.2) is 54.9 Å². The maximum Gasteiger partial charge on any atom is 0.172 e. The molecule has 17 heavy (non-hydrogen) atoms. The number of ketones is 1. The molecule has 0 atom stereocenters. The van der Waals surface area contributed by atoms with Crippen molar-refractivity contribution in [3.8, 4) is 0 Å². The van der Waals surface area contributed by atoms with E-state index >= 15 is 0 Å². The Bertz CT molecular complexity index is 470. The Kier molecular flexibility index (Phi) is 4.33. The zero-order valence-corrected chi connectivity index (χ0v) is 10.2. The van der Waals surface area contributed by atoms with Gasteiger partial charge in [0.2, 0.25) is 0 Å². The maximum absolute atomic E-state index is 11.8. The van der Waals surface area contributed by atoms with Gasteiger partial charge in [-0.25, -0.2) is 0 Å². The van der Waals surface area contributed by atoms with Gasteiger partial charge >= 0.3 is 0 Å². The zero-order valence-electron chi connectivity index (χ0n) is 9.37. The quantitative estimate of drug-likeness (QED) is 0.755. The van der Waals surface area contributed by atoms with Crippen LogP contribution in [0.3, 0.4) is 0 Å². The summed E-state index contributed by atoms with van der Waals surface area (Å²) in [6.45, 7) is 0. The molecule has 0 saturated heterocycles. The number of pyridine rings is 1. The largest absolute Gasteiger partial charge is 0.293 e. The molecule has 0 amide bonds. The highest BCUT2D eigenvalue weighted by Crippen LogP contribution is 2.13. The van der Waals surface area contributed by atoms with Gasteiger partial charge < -0.3 is 0 Å². The summed E-state index contributed by atoms with van der Waals surface area (Å²) in [6.07, 6.45) is 3.55. The van der Waals surface area contributed by atoms with Crippen LogP contribution in [0.25, 0.3) is 0 Å². The molecule has 0 saturated carbocycles. The molecule has 0 spiro atoms. The molecule has 2 aromatic rings. The first kappa shape index (κ1) is 11.9. The van der Waals surface area contributed by atoms with Crippen LogP contribution in [0.4, 0.5) is 0 Å². The fraction of sp³-hybridized carbons (Fsp3) is 0.143. The molecule has 1 aromatic carbocycles. The van der Waals surface area contributed by atoms with Crippen LogP contribution in [0, 0.1) is 0 Å². The van der Waals surface area contributed by atoms with Gasteiger partial charge in [0.25, 0.3) is 0 Å². The number of hydrogen-bond acceptors (Lipinski definition) is 3. The lowest BCUT2D eigenvalue weighted by Gasteiger charge is -2.01. The van der Waals surface area contributed by atoms with Crippen LogP contribution in [0.1, 0.15) is 15.9 Å². The van der Waals surface area contributed by atoms with Crippen molar-refractivity contribution in [2.24, 2.45) is 0 Å². The van der Waals surface area contributed by atoms with Gasteiger partial charge in [-0.15, -0.1) is 11.8 Å². The molecule has 0 unspecified atom stereocenters. The van der Waals surface area contributed by atoms with Crippen LogP contribution in [-0.2, 0) is 5.75 Å². The number of benzene rings is 1. The number of thioether (sulfide) groups is 1. The van der Waals surface area contributed by atoms with E-state index in [1.807, 2.05) is 42.5 Å². The second-order valence-electron chi connectivity index (χ2n) is 3.64. The number of nitrogens with zero attached hydrogens (tertiary/aromatic N) is 1. The lowest BCUT2D eigenvalue weighted by atomic mass is 10.2. The Labute approximate surface area is 105 Å². The zero-order chi connectivity index (χ0) is 11.9. The molecule has 3 heteroatoms. The minimum atomic E-state index is 0.185. The van der Waals surface area contributed by atoms with Crippen LogP contribution < -0.4 is 0 Å². The first-order chi connectivity index (χ1) is 8.36. The van der Waals surface area contributed by atoms with Gasteiger partial charge in [-0.1, -0.05) is 30.3 Å². The van der Waals surface area contributed by atoms with Crippen molar-refractivity contribution in [3.63, 3.8) is 0 Å². The highest BCUT2D eigenvalue weighted by Gasteiger charge is 2.04. The first-order valence-corrected chi connectivity index (χ1v) is 6.56. The van der Waals surface area contributed by atoms with E-state index in [-0.39, 0.29) is 5.78 Å². The molecule has 0 bridgehead atoms. The summed E-state index contributed by atoms with van der Waals surface area (Å²) in [7, 11) is 0. The van der Waals surface area contributed by atoms with E-state index in [9.17, 15) is 4.79 Å². The van der Waals surface area contributed by atoms with Crippen molar-refractivity contribution in [1.29, 1.82) is 0 Å². The minimum absolute atomic E-state index is 0.185. The molecule has 2 nitrogen and oxygen atoms in total. The van der Waals surface area contributed by atoms with E-state index in [1.54, 1.807) is 24.2 Å². The number of carbonyl (C=O) groups excluding carboxylic acids is 1. The fourth-order valence-corrected chi connectivity index (χ4v) is 2.33. The average molecular weight is 243 g/mol. The molecule has 1 heterocycles. The summed E-state index contributed by atoms with van der Waals surface area (Å²) in [5.74, 6) is 1.55. The number of hydrogen-bond donors (Lipinski definition) is 0. The van der Waals surface area contributed by atoms with Crippen molar-refractivity contribution in [2.75, 3.05) is 5.75 Å². The summed E-state index contributed by atoms with van der Waals surface area (Å²) in [6, 6.07) is 13.4. The summed E-state index contributed by atoms with van der Waals surface area (Å²) in [5, 5.41) is 0. The van der Waals surface area contributed by atoms with Crippen LogP contribution in [0.5, 0.6) is 0 Å². The number of aromatic nitrogens is 1. The van der Waals surface area contributed by atoms with Crippen molar-refractivity contribution in [1.82, 2.24) is 4.98 Å². The number of carbonyl (C=O) groups is 1. The summed E-state index contributed by atoms with van der Waals surface area (Å²) in [5.41, 5.74) is 1.99. The van der Waals surface area contributed by atoms with E-state index in [0.717, 1.165) is 11.3 Å². The summed E-state index contributed by atoms with van der Waals surface area (Å²) < 4.78 is 0.